The Morgan fingerprint density at radius 3 is 2.22 bits per heavy atom. The largest absolute Gasteiger partial charge is 0.369 e. The first kappa shape index (κ1) is 25.4. The third kappa shape index (κ3) is 4.36. The number of aromatic nitrogens is 4. The van der Waals surface area contributed by atoms with Gasteiger partial charge in [0.25, 0.3) is 0 Å². The minimum atomic E-state index is -3.19. The SMILES string of the molecule is Cn1c(=O)n(-c2ccc(N3CCN(S(C)(=O)=O)CC3)cc2)c2c3cc(-c4cnc5ccccc5c4)ccc3ncc21. The molecule has 1 aliphatic rings. The Labute approximate surface area is 237 Å². The lowest BCUT2D eigenvalue weighted by Crippen LogP contribution is -2.48. The molecule has 0 atom stereocenters. The van der Waals surface area contributed by atoms with Gasteiger partial charge in [0.05, 0.1) is 40.2 Å². The van der Waals surface area contributed by atoms with E-state index in [9.17, 15) is 13.2 Å². The van der Waals surface area contributed by atoms with Gasteiger partial charge in [-0.25, -0.2) is 13.2 Å². The third-order valence-electron chi connectivity index (χ3n) is 7.99. The summed E-state index contributed by atoms with van der Waals surface area (Å²) in [6, 6.07) is 24.2. The molecule has 3 aromatic carbocycles. The zero-order chi connectivity index (χ0) is 28.3. The van der Waals surface area contributed by atoms with Gasteiger partial charge in [-0.3, -0.25) is 19.1 Å². The first-order chi connectivity index (χ1) is 19.8. The zero-order valence-electron chi connectivity index (χ0n) is 22.7. The summed E-state index contributed by atoms with van der Waals surface area (Å²) in [4.78, 5) is 25.0. The van der Waals surface area contributed by atoms with E-state index in [0.29, 0.717) is 26.2 Å². The highest BCUT2D eigenvalue weighted by Gasteiger charge is 2.24. The van der Waals surface area contributed by atoms with E-state index in [1.807, 2.05) is 60.8 Å². The van der Waals surface area contributed by atoms with Gasteiger partial charge in [-0.2, -0.15) is 4.31 Å². The second-order valence-electron chi connectivity index (χ2n) is 10.5. The minimum absolute atomic E-state index is 0.151. The molecular weight excluding hydrogens is 536 g/mol. The molecule has 0 N–H and O–H groups in total. The Hall–Kier alpha value is -4.54. The molecule has 206 valence electrons. The fourth-order valence-corrected chi connectivity index (χ4v) is 6.56. The van der Waals surface area contributed by atoms with Gasteiger partial charge in [-0.15, -0.1) is 0 Å². The molecule has 10 heteroatoms. The molecule has 0 bridgehead atoms. The number of nitrogens with zero attached hydrogens (tertiary/aromatic N) is 6. The van der Waals surface area contributed by atoms with Gasteiger partial charge in [-0.05, 0) is 54.1 Å². The van der Waals surface area contributed by atoms with Crippen LogP contribution in [-0.4, -0.2) is 64.3 Å². The topological polar surface area (TPSA) is 93.3 Å². The van der Waals surface area contributed by atoms with Crippen molar-refractivity contribution in [3.05, 3.63) is 95.7 Å². The van der Waals surface area contributed by atoms with Crippen LogP contribution in [-0.2, 0) is 17.1 Å². The molecule has 7 rings (SSSR count). The van der Waals surface area contributed by atoms with Crippen molar-refractivity contribution >= 4 is 48.5 Å². The van der Waals surface area contributed by atoms with E-state index in [4.69, 9.17) is 0 Å². The molecule has 1 fully saturated rings. The smallest absolute Gasteiger partial charge is 0.333 e. The van der Waals surface area contributed by atoms with Crippen LogP contribution in [0.4, 0.5) is 5.69 Å². The summed E-state index contributed by atoms with van der Waals surface area (Å²) in [7, 11) is -1.42. The van der Waals surface area contributed by atoms with Crippen molar-refractivity contribution in [3.8, 4) is 16.8 Å². The van der Waals surface area contributed by atoms with E-state index in [0.717, 1.165) is 55.3 Å². The van der Waals surface area contributed by atoms with Crippen LogP contribution in [0.25, 0.3) is 49.7 Å². The summed E-state index contributed by atoms with van der Waals surface area (Å²) in [6.07, 6.45) is 4.88. The monoisotopic (exact) mass is 564 g/mol. The number of aryl methyl sites for hydroxylation is 1. The average Bonchev–Trinajstić information content (AvgIpc) is 3.26. The Kier molecular flexibility index (Phi) is 5.91. The van der Waals surface area contributed by atoms with Crippen LogP contribution in [0.5, 0.6) is 0 Å². The molecular formula is C31H28N6O3S. The van der Waals surface area contributed by atoms with E-state index >= 15 is 0 Å². The summed E-state index contributed by atoms with van der Waals surface area (Å²) in [5, 5.41) is 1.95. The fraction of sp³-hybridized carbons (Fsp3) is 0.194. The van der Waals surface area contributed by atoms with Crippen molar-refractivity contribution in [2.24, 2.45) is 7.05 Å². The predicted octanol–water partition coefficient (Wildman–Crippen LogP) is 4.17. The van der Waals surface area contributed by atoms with Crippen molar-refractivity contribution < 1.29 is 8.42 Å². The van der Waals surface area contributed by atoms with E-state index < -0.39 is 10.0 Å². The number of piperazine rings is 1. The number of sulfonamides is 1. The lowest BCUT2D eigenvalue weighted by molar-refractivity contribution is 0.388. The Balaban J connectivity index is 1.31. The Morgan fingerprint density at radius 2 is 1.46 bits per heavy atom. The maximum absolute atomic E-state index is 13.6. The van der Waals surface area contributed by atoms with E-state index in [1.165, 1.54) is 10.6 Å². The summed E-state index contributed by atoms with van der Waals surface area (Å²) >= 11 is 0. The maximum atomic E-state index is 13.6. The zero-order valence-corrected chi connectivity index (χ0v) is 23.5. The Bertz CT molecular complexity index is 2130. The number of anilines is 1. The average molecular weight is 565 g/mol. The first-order valence-electron chi connectivity index (χ1n) is 13.4. The highest BCUT2D eigenvalue weighted by molar-refractivity contribution is 7.88. The lowest BCUT2D eigenvalue weighted by Gasteiger charge is -2.34. The van der Waals surface area contributed by atoms with Crippen LogP contribution >= 0.6 is 0 Å². The number of para-hydroxylation sites is 1. The van der Waals surface area contributed by atoms with E-state index in [-0.39, 0.29) is 5.69 Å². The highest BCUT2D eigenvalue weighted by atomic mass is 32.2. The molecule has 1 saturated heterocycles. The van der Waals surface area contributed by atoms with Crippen molar-refractivity contribution in [3.63, 3.8) is 0 Å². The number of imidazole rings is 1. The number of benzene rings is 3. The molecule has 0 saturated carbocycles. The fourth-order valence-electron chi connectivity index (χ4n) is 5.74. The summed E-state index contributed by atoms with van der Waals surface area (Å²) < 4.78 is 28.7. The number of fused-ring (bicyclic) bond motifs is 4. The van der Waals surface area contributed by atoms with Gasteiger partial charge in [0.1, 0.15) is 0 Å². The molecule has 9 nitrogen and oxygen atoms in total. The molecule has 1 aliphatic heterocycles. The summed E-state index contributed by atoms with van der Waals surface area (Å²) in [5.74, 6) is 0. The Morgan fingerprint density at radius 1 is 0.756 bits per heavy atom. The molecule has 0 unspecified atom stereocenters. The summed E-state index contributed by atoms with van der Waals surface area (Å²) in [6.45, 7) is 2.14. The van der Waals surface area contributed by atoms with Crippen molar-refractivity contribution in [2.75, 3.05) is 37.3 Å². The number of hydrogen-bond acceptors (Lipinski definition) is 6. The molecule has 0 amide bonds. The normalized spacial score (nSPS) is 14.8. The molecule has 6 aromatic rings. The first-order valence-corrected chi connectivity index (χ1v) is 15.3. The molecule has 3 aromatic heterocycles. The van der Waals surface area contributed by atoms with Crippen LogP contribution in [0.15, 0.2) is 90.0 Å². The van der Waals surface area contributed by atoms with E-state index in [1.54, 1.807) is 22.4 Å². The molecule has 4 heterocycles. The highest BCUT2D eigenvalue weighted by Crippen LogP contribution is 2.31. The van der Waals surface area contributed by atoms with Gasteiger partial charge in [-0.1, -0.05) is 24.3 Å². The van der Waals surface area contributed by atoms with Gasteiger partial charge in [0, 0.05) is 61.4 Å². The third-order valence-corrected chi connectivity index (χ3v) is 9.29. The number of pyridine rings is 2. The van der Waals surface area contributed by atoms with Crippen LogP contribution in [0.3, 0.4) is 0 Å². The molecule has 0 aliphatic carbocycles. The molecule has 0 spiro atoms. The van der Waals surface area contributed by atoms with Gasteiger partial charge in [0.15, 0.2) is 0 Å². The second-order valence-corrected chi connectivity index (χ2v) is 12.5. The summed E-state index contributed by atoms with van der Waals surface area (Å²) in [5.41, 5.74) is 6.88. The van der Waals surface area contributed by atoms with Crippen LogP contribution in [0.1, 0.15) is 0 Å². The van der Waals surface area contributed by atoms with Crippen LogP contribution in [0, 0.1) is 0 Å². The number of rotatable bonds is 4. The molecule has 0 radical (unpaired) electrons. The van der Waals surface area contributed by atoms with Crippen molar-refractivity contribution in [2.45, 2.75) is 0 Å². The second kappa shape index (κ2) is 9.53. The standard InChI is InChI=1S/C31H28N6O3S/c1-34-29-20-33-28-12-7-21(23-17-22-5-3-4-6-27(22)32-19-23)18-26(28)30(29)37(31(34)38)25-10-8-24(9-11-25)35-13-15-36(16-14-35)41(2,39)40/h3-12,17-20H,13-16H2,1-2H3. The lowest BCUT2D eigenvalue weighted by atomic mass is 10.0. The maximum Gasteiger partial charge on any atom is 0.333 e. The number of hydrogen-bond donors (Lipinski definition) is 0. The van der Waals surface area contributed by atoms with Gasteiger partial charge >= 0.3 is 5.69 Å². The van der Waals surface area contributed by atoms with E-state index in [2.05, 4.69) is 33.1 Å². The van der Waals surface area contributed by atoms with Gasteiger partial charge in [0.2, 0.25) is 10.0 Å². The van der Waals surface area contributed by atoms with Crippen LogP contribution in [0.2, 0.25) is 0 Å². The van der Waals surface area contributed by atoms with Crippen LogP contribution < -0.4 is 10.6 Å². The quantitative estimate of drug-likeness (QED) is 0.319. The van der Waals surface area contributed by atoms with Gasteiger partial charge < -0.3 is 4.90 Å². The predicted molar refractivity (Wildman–Crippen MR) is 163 cm³/mol. The van der Waals surface area contributed by atoms with Crippen molar-refractivity contribution in [1.82, 2.24) is 23.4 Å². The minimum Gasteiger partial charge on any atom is -0.369 e. The molecule has 41 heavy (non-hydrogen) atoms. The van der Waals surface area contributed by atoms with Crippen molar-refractivity contribution in [1.29, 1.82) is 0 Å².